The largest absolute Gasteiger partial charge is 0.405 e. The van der Waals surface area contributed by atoms with Crippen LogP contribution in [0.1, 0.15) is 20.3 Å². The lowest BCUT2D eigenvalue weighted by Crippen LogP contribution is -1.74. The number of rotatable bonds is 2. The fraction of sp³-hybridized carbons (Fsp3) is 0.429. The zero-order valence-corrected chi connectivity index (χ0v) is 5.52. The molecule has 0 aliphatic heterocycles. The van der Waals surface area contributed by atoms with Gasteiger partial charge in [-0.2, -0.15) is 0 Å². The SMILES string of the molecule is CC(C)=CC/C=C\N. The maximum absolute atomic E-state index is 5.10. The van der Waals surface area contributed by atoms with E-state index in [1.807, 2.05) is 6.08 Å². The summed E-state index contributed by atoms with van der Waals surface area (Å²) in [7, 11) is 0. The van der Waals surface area contributed by atoms with Crippen LogP contribution in [0.3, 0.4) is 0 Å². The topological polar surface area (TPSA) is 26.0 Å². The van der Waals surface area contributed by atoms with Crippen LogP contribution < -0.4 is 5.73 Å². The maximum Gasteiger partial charge on any atom is -0.00999 e. The Morgan fingerprint density at radius 3 is 2.50 bits per heavy atom. The Balaban J connectivity index is 3.30. The van der Waals surface area contributed by atoms with Crippen molar-refractivity contribution in [3.05, 3.63) is 23.9 Å². The minimum absolute atomic E-state index is 0.957. The molecule has 8 heavy (non-hydrogen) atoms. The first-order chi connectivity index (χ1) is 3.77. The Morgan fingerprint density at radius 2 is 2.12 bits per heavy atom. The van der Waals surface area contributed by atoms with E-state index in [-0.39, 0.29) is 0 Å². The average Bonchev–Trinajstić information content (AvgIpc) is 1.66. The summed E-state index contributed by atoms with van der Waals surface area (Å²) >= 11 is 0. The Bertz CT molecular complexity index is 97.0. The minimum atomic E-state index is 0.957. The molecule has 2 N–H and O–H groups in total. The zero-order chi connectivity index (χ0) is 6.41. The lowest BCUT2D eigenvalue weighted by atomic mass is 10.3. The molecule has 0 aromatic heterocycles. The van der Waals surface area contributed by atoms with Gasteiger partial charge in [-0.15, -0.1) is 0 Å². The van der Waals surface area contributed by atoms with E-state index in [9.17, 15) is 0 Å². The Labute approximate surface area is 50.9 Å². The molecule has 0 saturated carbocycles. The summed E-state index contributed by atoms with van der Waals surface area (Å²) in [4.78, 5) is 0. The van der Waals surface area contributed by atoms with Crippen molar-refractivity contribution in [2.75, 3.05) is 0 Å². The molecule has 0 aromatic carbocycles. The third-order valence-corrected chi connectivity index (χ3v) is 0.798. The molecule has 0 atom stereocenters. The lowest BCUT2D eigenvalue weighted by molar-refractivity contribution is 1.27. The molecule has 0 heterocycles. The smallest absolute Gasteiger partial charge is 0.00999 e. The molecule has 0 saturated heterocycles. The predicted molar refractivity (Wildman–Crippen MR) is 37.4 cm³/mol. The van der Waals surface area contributed by atoms with Gasteiger partial charge in [0, 0.05) is 0 Å². The van der Waals surface area contributed by atoms with Crippen LogP contribution in [-0.2, 0) is 0 Å². The van der Waals surface area contributed by atoms with E-state index >= 15 is 0 Å². The molecular formula is C7H13N. The van der Waals surface area contributed by atoms with E-state index in [0.29, 0.717) is 0 Å². The Kier molecular flexibility index (Phi) is 4.04. The molecule has 0 unspecified atom stereocenters. The molecule has 0 radical (unpaired) electrons. The highest BCUT2D eigenvalue weighted by Gasteiger charge is 1.71. The second-order valence-corrected chi connectivity index (χ2v) is 1.95. The first kappa shape index (κ1) is 7.28. The number of nitrogens with two attached hydrogens (primary N) is 1. The van der Waals surface area contributed by atoms with Gasteiger partial charge in [-0.3, -0.25) is 0 Å². The Morgan fingerprint density at radius 1 is 1.50 bits per heavy atom. The van der Waals surface area contributed by atoms with Gasteiger partial charge in [0.15, 0.2) is 0 Å². The molecule has 0 bridgehead atoms. The van der Waals surface area contributed by atoms with Crippen molar-refractivity contribution < 1.29 is 0 Å². The summed E-state index contributed by atoms with van der Waals surface area (Å²) in [5.41, 5.74) is 6.44. The van der Waals surface area contributed by atoms with Gasteiger partial charge < -0.3 is 5.73 Å². The van der Waals surface area contributed by atoms with Gasteiger partial charge in [-0.25, -0.2) is 0 Å². The summed E-state index contributed by atoms with van der Waals surface area (Å²) < 4.78 is 0. The molecule has 0 aromatic rings. The van der Waals surface area contributed by atoms with Crippen LogP contribution in [-0.4, -0.2) is 0 Å². The van der Waals surface area contributed by atoms with E-state index in [2.05, 4.69) is 19.9 Å². The second-order valence-electron chi connectivity index (χ2n) is 1.95. The van der Waals surface area contributed by atoms with Crippen LogP contribution >= 0.6 is 0 Å². The molecule has 0 fully saturated rings. The highest BCUT2D eigenvalue weighted by atomic mass is 14.5. The molecule has 0 spiro atoms. The van der Waals surface area contributed by atoms with Gasteiger partial charge in [-0.05, 0) is 26.5 Å². The molecular weight excluding hydrogens is 98.1 g/mol. The van der Waals surface area contributed by atoms with Crippen LogP contribution in [0.15, 0.2) is 23.9 Å². The maximum atomic E-state index is 5.10. The summed E-state index contributed by atoms with van der Waals surface area (Å²) in [5.74, 6) is 0. The number of allylic oxidation sites excluding steroid dienone is 3. The van der Waals surface area contributed by atoms with Crippen molar-refractivity contribution in [1.82, 2.24) is 0 Å². The Hall–Kier alpha value is -0.720. The molecule has 0 aliphatic rings. The van der Waals surface area contributed by atoms with Crippen LogP contribution in [0.2, 0.25) is 0 Å². The molecule has 1 nitrogen and oxygen atoms in total. The van der Waals surface area contributed by atoms with Crippen molar-refractivity contribution in [3.8, 4) is 0 Å². The molecule has 0 amide bonds. The van der Waals surface area contributed by atoms with Gasteiger partial charge in [0.25, 0.3) is 0 Å². The standard InChI is InChI=1S/C7H13N/c1-7(2)5-3-4-6-8/h4-6H,3,8H2,1-2H3/b6-4-. The van der Waals surface area contributed by atoms with Crippen molar-refractivity contribution in [3.63, 3.8) is 0 Å². The fourth-order valence-electron chi connectivity index (χ4n) is 0.382. The molecule has 46 valence electrons. The van der Waals surface area contributed by atoms with Crippen molar-refractivity contribution in [2.24, 2.45) is 5.73 Å². The number of hydrogen-bond acceptors (Lipinski definition) is 1. The first-order valence-electron chi connectivity index (χ1n) is 2.77. The highest BCUT2D eigenvalue weighted by molar-refractivity contribution is 4.97. The van der Waals surface area contributed by atoms with E-state index in [0.717, 1.165) is 6.42 Å². The first-order valence-corrected chi connectivity index (χ1v) is 2.77. The zero-order valence-electron chi connectivity index (χ0n) is 5.52. The minimum Gasteiger partial charge on any atom is -0.405 e. The number of hydrogen-bond donors (Lipinski definition) is 1. The molecule has 1 heteroatoms. The normalized spacial score (nSPS) is 9.75. The monoisotopic (exact) mass is 111 g/mol. The lowest BCUT2D eigenvalue weighted by Gasteiger charge is -1.83. The predicted octanol–water partition coefficient (Wildman–Crippen LogP) is 1.82. The molecule has 0 aliphatic carbocycles. The van der Waals surface area contributed by atoms with E-state index in [1.165, 1.54) is 5.57 Å². The summed E-state index contributed by atoms with van der Waals surface area (Å²) in [6.45, 7) is 4.15. The van der Waals surface area contributed by atoms with E-state index < -0.39 is 0 Å². The summed E-state index contributed by atoms with van der Waals surface area (Å²) in [5, 5.41) is 0. The summed E-state index contributed by atoms with van der Waals surface area (Å²) in [6.07, 6.45) is 6.58. The van der Waals surface area contributed by atoms with E-state index in [4.69, 9.17) is 5.73 Å². The second kappa shape index (κ2) is 4.44. The average molecular weight is 111 g/mol. The highest BCUT2D eigenvalue weighted by Crippen LogP contribution is 1.91. The van der Waals surface area contributed by atoms with Crippen LogP contribution in [0.5, 0.6) is 0 Å². The molecule has 0 rings (SSSR count). The van der Waals surface area contributed by atoms with Crippen molar-refractivity contribution in [2.45, 2.75) is 20.3 Å². The van der Waals surface area contributed by atoms with Gasteiger partial charge >= 0.3 is 0 Å². The van der Waals surface area contributed by atoms with Gasteiger partial charge in [0.05, 0.1) is 0 Å². The van der Waals surface area contributed by atoms with Gasteiger partial charge in [0.2, 0.25) is 0 Å². The van der Waals surface area contributed by atoms with Crippen LogP contribution in [0.25, 0.3) is 0 Å². The van der Waals surface area contributed by atoms with Crippen LogP contribution in [0.4, 0.5) is 0 Å². The van der Waals surface area contributed by atoms with E-state index in [1.54, 1.807) is 6.20 Å². The van der Waals surface area contributed by atoms with Gasteiger partial charge in [0.1, 0.15) is 0 Å². The van der Waals surface area contributed by atoms with Crippen LogP contribution in [0, 0.1) is 0 Å². The third kappa shape index (κ3) is 5.28. The third-order valence-electron chi connectivity index (χ3n) is 0.798. The fourth-order valence-corrected chi connectivity index (χ4v) is 0.382. The van der Waals surface area contributed by atoms with Gasteiger partial charge in [-0.1, -0.05) is 17.7 Å². The summed E-state index contributed by atoms with van der Waals surface area (Å²) in [6, 6.07) is 0. The quantitative estimate of drug-likeness (QED) is 0.540. The van der Waals surface area contributed by atoms with Crippen molar-refractivity contribution in [1.29, 1.82) is 0 Å². The van der Waals surface area contributed by atoms with Crippen molar-refractivity contribution >= 4 is 0 Å².